The summed E-state index contributed by atoms with van der Waals surface area (Å²) in [6, 6.07) is 5.74. The fourth-order valence-corrected chi connectivity index (χ4v) is 7.30. The molecule has 33 heavy (non-hydrogen) atoms. The van der Waals surface area contributed by atoms with Gasteiger partial charge in [0.15, 0.2) is 0 Å². The number of Topliss-reactive ketones (excluding diaryl/α,β-unsaturated/α-hetero) is 1. The van der Waals surface area contributed by atoms with E-state index in [4.69, 9.17) is 10.00 Å². The summed E-state index contributed by atoms with van der Waals surface area (Å²) in [6.45, 7) is 1.26. The summed E-state index contributed by atoms with van der Waals surface area (Å²) in [5, 5.41) is 12.3. The number of aromatic nitrogens is 1. The first kappa shape index (κ1) is 20.9. The number of carbonyl (C=O) groups is 2. The van der Waals surface area contributed by atoms with Crippen LogP contribution in [0.4, 0.5) is 10.6 Å². The number of nitrogens with one attached hydrogen (secondary N) is 1. The number of anilines is 1. The summed E-state index contributed by atoms with van der Waals surface area (Å²) in [6.07, 6.45) is 10.6. The first-order chi connectivity index (χ1) is 16.0. The molecule has 2 unspecified atom stereocenters. The van der Waals surface area contributed by atoms with Gasteiger partial charge in [0.25, 0.3) is 0 Å². The normalized spacial score (nSPS) is 36.5. The molecule has 7 heteroatoms. The second-order valence-electron chi connectivity index (χ2n) is 11.3. The number of ether oxygens (including phenoxy) is 1. The molecular formula is C26H32N4O3. The molecule has 7 nitrogen and oxygen atoms in total. The minimum Gasteiger partial charge on any atom is -0.446 e. The number of rotatable bonds is 6. The van der Waals surface area contributed by atoms with Crippen molar-refractivity contribution < 1.29 is 14.3 Å². The van der Waals surface area contributed by atoms with E-state index in [2.05, 4.69) is 16.4 Å². The fourth-order valence-electron chi connectivity index (χ4n) is 7.30. The number of pyridine rings is 1. The van der Waals surface area contributed by atoms with Crippen LogP contribution in [0.5, 0.6) is 0 Å². The lowest BCUT2D eigenvalue weighted by Gasteiger charge is -2.58. The van der Waals surface area contributed by atoms with Gasteiger partial charge in [-0.3, -0.25) is 4.79 Å². The highest BCUT2D eigenvalue weighted by atomic mass is 16.6. The Balaban J connectivity index is 1.05. The predicted molar refractivity (Wildman–Crippen MR) is 121 cm³/mol. The fraction of sp³-hybridized carbons (Fsp3) is 0.692. The Bertz CT molecular complexity index is 966. The molecule has 5 aliphatic carbocycles. The molecule has 1 saturated heterocycles. The summed E-state index contributed by atoms with van der Waals surface area (Å²) >= 11 is 0. The lowest BCUT2D eigenvalue weighted by Crippen LogP contribution is -2.57. The van der Waals surface area contributed by atoms with Crippen molar-refractivity contribution in [3.05, 3.63) is 23.9 Å². The van der Waals surface area contributed by atoms with Crippen molar-refractivity contribution in [3.63, 3.8) is 0 Å². The average molecular weight is 449 g/mol. The summed E-state index contributed by atoms with van der Waals surface area (Å²) in [4.78, 5) is 32.3. The number of likely N-dealkylation sites (tertiary alicyclic amines) is 1. The number of nitrogens with zero attached hydrogens (tertiary/aromatic N) is 3. The van der Waals surface area contributed by atoms with Crippen molar-refractivity contribution in [2.75, 3.05) is 18.4 Å². The van der Waals surface area contributed by atoms with Gasteiger partial charge in [0.05, 0.1) is 5.56 Å². The Morgan fingerprint density at radius 3 is 2.64 bits per heavy atom. The summed E-state index contributed by atoms with van der Waals surface area (Å²) in [7, 11) is 0. The second kappa shape index (κ2) is 8.00. The summed E-state index contributed by atoms with van der Waals surface area (Å²) < 4.78 is 6.15. The molecule has 1 N–H and O–H groups in total. The van der Waals surface area contributed by atoms with E-state index in [0.717, 1.165) is 50.8 Å². The van der Waals surface area contributed by atoms with E-state index in [-0.39, 0.29) is 23.7 Å². The monoisotopic (exact) mass is 448 g/mol. The highest BCUT2D eigenvalue weighted by molar-refractivity contribution is 5.86. The highest BCUT2D eigenvalue weighted by Crippen LogP contribution is 2.62. The molecule has 0 spiro atoms. The highest BCUT2D eigenvalue weighted by Gasteiger charge is 2.59. The first-order valence-electron chi connectivity index (χ1n) is 12.6. The van der Waals surface area contributed by atoms with Crippen LogP contribution >= 0.6 is 0 Å². The smallest absolute Gasteiger partial charge is 0.410 e. The Kier molecular flexibility index (Phi) is 5.08. The summed E-state index contributed by atoms with van der Waals surface area (Å²) in [5.41, 5.74) is 0.419. The third-order valence-electron chi connectivity index (χ3n) is 8.88. The van der Waals surface area contributed by atoms with Crippen LogP contribution in [-0.4, -0.2) is 47.0 Å². The van der Waals surface area contributed by atoms with Crippen molar-refractivity contribution >= 4 is 17.7 Å². The standard InChI is InChI=1S/C26H32N4O3/c27-13-17-3-4-23(28-14-17)29-21-5-6-30(15-21)25(32)33-24-19-7-18-8-20(24)12-26(10-18,11-19)22(31)9-16-1-2-16/h3-4,14,16,18-21,24H,1-2,5-12,15H2,(H,28,29)/t18?,19?,20?,21-,24?,26?/m1/s1. The average Bonchev–Trinajstić information content (AvgIpc) is 3.50. The number of ketones is 1. The van der Waals surface area contributed by atoms with Crippen molar-refractivity contribution in [1.82, 2.24) is 9.88 Å². The lowest BCUT2D eigenvalue weighted by atomic mass is 9.47. The number of hydrogen-bond donors (Lipinski definition) is 1. The van der Waals surface area contributed by atoms with Gasteiger partial charge in [-0.25, -0.2) is 9.78 Å². The van der Waals surface area contributed by atoms with Gasteiger partial charge in [0.1, 0.15) is 23.8 Å². The zero-order chi connectivity index (χ0) is 22.6. The SMILES string of the molecule is N#Cc1ccc(N[C@@H]2CCN(C(=O)OC3C4CC5CC3CC(C(=O)CC3CC3)(C5)C4)C2)nc1. The van der Waals surface area contributed by atoms with Crippen LogP contribution in [0.1, 0.15) is 63.4 Å². The van der Waals surface area contributed by atoms with Crippen molar-refractivity contribution in [3.8, 4) is 6.07 Å². The van der Waals surface area contributed by atoms with E-state index in [0.29, 0.717) is 48.1 Å². The number of hydrogen-bond acceptors (Lipinski definition) is 6. The van der Waals surface area contributed by atoms with Crippen molar-refractivity contribution in [2.45, 2.75) is 69.9 Å². The van der Waals surface area contributed by atoms with E-state index in [9.17, 15) is 9.59 Å². The quantitative estimate of drug-likeness (QED) is 0.703. The van der Waals surface area contributed by atoms with Gasteiger partial charge >= 0.3 is 6.09 Å². The molecule has 174 valence electrons. The number of amides is 1. The van der Waals surface area contributed by atoms with Gasteiger partial charge in [-0.15, -0.1) is 0 Å². The molecule has 0 radical (unpaired) electrons. The molecule has 6 aliphatic rings. The number of nitriles is 1. The minimum absolute atomic E-state index is 0.0249. The van der Waals surface area contributed by atoms with Crippen LogP contribution in [0.25, 0.3) is 0 Å². The van der Waals surface area contributed by atoms with Gasteiger partial charge < -0.3 is 15.0 Å². The molecule has 2 heterocycles. The second-order valence-corrected chi connectivity index (χ2v) is 11.3. The van der Waals surface area contributed by atoms with Gasteiger partial charge in [-0.05, 0) is 87.2 Å². The maximum absolute atomic E-state index is 13.2. The minimum atomic E-state index is -0.206. The Hall–Kier alpha value is -2.62. The van der Waals surface area contributed by atoms with Crippen LogP contribution < -0.4 is 5.32 Å². The van der Waals surface area contributed by atoms with E-state index in [1.54, 1.807) is 23.2 Å². The molecular weight excluding hydrogens is 416 g/mol. The summed E-state index contributed by atoms with van der Waals surface area (Å²) in [5.74, 6) is 3.22. The lowest BCUT2D eigenvalue weighted by molar-refractivity contribution is -0.162. The Morgan fingerprint density at radius 2 is 1.97 bits per heavy atom. The van der Waals surface area contributed by atoms with E-state index in [1.165, 1.54) is 12.8 Å². The van der Waals surface area contributed by atoms with Crippen molar-refractivity contribution in [1.29, 1.82) is 5.26 Å². The van der Waals surface area contributed by atoms with Crippen LogP contribution in [0.15, 0.2) is 18.3 Å². The molecule has 0 aromatic carbocycles. The first-order valence-corrected chi connectivity index (χ1v) is 12.6. The molecule has 6 fully saturated rings. The van der Waals surface area contributed by atoms with E-state index < -0.39 is 0 Å². The topological polar surface area (TPSA) is 95.3 Å². The number of carbonyl (C=O) groups excluding carboxylic acids is 2. The Morgan fingerprint density at radius 1 is 1.18 bits per heavy atom. The van der Waals surface area contributed by atoms with Gasteiger partial charge in [-0.2, -0.15) is 5.26 Å². The van der Waals surface area contributed by atoms with Crippen LogP contribution in [0.2, 0.25) is 0 Å². The largest absolute Gasteiger partial charge is 0.446 e. The molecule has 4 bridgehead atoms. The van der Waals surface area contributed by atoms with Gasteiger partial charge in [-0.1, -0.05) is 0 Å². The zero-order valence-corrected chi connectivity index (χ0v) is 19.0. The van der Waals surface area contributed by atoms with E-state index in [1.807, 2.05) is 0 Å². The molecule has 1 aromatic rings. The molecule has 1 aromatic heterocycles. The Labute approximate surface area is 194 Å². The van der Waals surface area contributed by atoms with Gasteiger partial charge in [0, 0.05) is 37.2 Å². The maximum Gasteiger partial charge on any atom is 0.410 e. The van der Waals surface area contributed by atoms with Crippen molar-refractivity contribution in [2.24, 2.45) is 29.1 Å². The molecule has 1 aliphatic heterocycles. The third kappa shape index (κ3) is 3.98. The van der Waals surface area contributed by atoms with Crippen LogP contribution in [0, 0.1) is 40.4 Å². The molecule has 5 saturated carbocycles. The molecule has 1 amide bonds. The van der Waals surface area contributed by atoms with Gasteiger partial charge in [0.2, 0.25) is 0 Å². The molecule has 7 rings (SSSR count). The van der Waals surface area contributed by atoms with Crippen LogP contribution in [-0.2, 0) is 9.53 Å². The van der Waals surface area contributed by atoms with Crippen LogP contribution in [0.3, 0.4) is 0 Å². The van der Waals surface area contributed by atoms with E-state index >= 15 is 0 Å². The molecule has 3 atom stereocenters. The predicted octanol–water partition coefficient (Wildman–Crippen LogP) is 4.14. The zero-order valence-electron chi connectivity index (χ0n) is 19.0. The maximum atomic E-state index is 13.2. The third-order valence-corrected chi connectivity index (χ3v) is 8.88.